The molecule has 1 fully saturated rings. The third-order valence-corrected chi connectivity index (χ3v) is 4.13. The summed E-state index contributed by atoms with van der Waals surface area (Å²) in [6.45, 7) is 0.865. The molecule has 0 N–H and O–H groups in total. The zero-order valence-electron chi connectivity index (χ0n) is 11.1. The molecule has 0 bridgehead atoms. The third kappa shape index (κ3) is 2.10. The summed E-state index contributed by atoms with van der Waals surface area (Å²) in [6, 6.07) is 16.5. The van der Waals surface area contributed by atoms with Crippen molar-refractivity contribution in [3.8, 4) is 0 Å². The van der Waals surface area contributed by atoms with Crippen molar-refractivity contribution >= 4 is 22.6 Å². The highest BCUT2D eigenvalue weighted by Gasteiger charge is 2.29. The summed E-state index contributed by atoms with van der Waals surface area (Å²) in [5.74, 6) is 1.89. The van der Waals surface area contributed by atoms with E-state index in [1.807, 2.05) is 12.1 Å². The van der Waals surface area contributed by atoms with E-state index >= 15 is 0 Å². The zero-order valence-corrected chi connectivity index (χ0v) is 11.8. The molecule has 0 radical (unpaired) electrons. The van der Waals surface area contributed by atoms with E-state index in [0.29, 0.717) is 5.92 Å². The van der Waals surface area contributed by atoms with Gasteiger partial charge in [-0.3, -0.25) is 0 Å². The van der Waals surface area contributed by atoms with E-state index in [1.165, 1.54) is 29.7 Å². The molecule has 0 saturated heterocycles. The van der Waals surface area contributed by atoms with Gasteiger partial charge in [-0.2, -0.15) is 0 Å². The minimum absolute atomic E-state index is 0.648. The lowest BCUT2D eigenvalue weighted by Crippen LogP contribution is -2.04. The summed E-state index contributed by atoms with van der Waals surface area (Å²) in [5.41, 5.74) is 3.59. The van der Waals surface area contributed by atoms with Crippen LogP contribution in [0.15, 0.2) is 48.5 Å². The number of hydrogen-bond donors (Lipinski definition) is 0. The minimum Gasteiger partial charge on any atom is -0.323 e. The second kappa shape index (κ2) is 4.64. The first kappa shape index (κ1) is 12.0. The van der Waals surface area contributed by atoms with Gasteiger partial charge in [0.2, 0.25) is 0 Å². The molecular formula is C17H15ClN2. The van der Waals surface area contributed by atoms with Crippen LogP contribution in [-0.4, -0.2) is 9.55 Å². The predicted octanol–water partition coefficient (Wildman–Crippen LogP) is 4.62. The molecule has 0 atom stereocenters. The van der Waals surface area contributed by atoms with E-state index in [1.54, 1.807) is 0 Å². The van der Waals surface area contributed by atoms with Crippen LogP contribution in [0.1, 0.15) is 30.1 Å². The number of rotatable bonds is 3. The molecule has 4 rings (SSSR count). The van der Waals surface area contributed by atoms with Crippen LogP contribution in [0.3, 0.4) is 0 Å². The van der Waals surface area contributed by atoms with Gasteiger partial charge in [-0.15, -0.1) is 0 Å². The first-order chi connectivity index (χ1) is 9.81. The maximum absolute atomic E-state index is 5.96. The van der Waals surface area contributed by atoms with Gasteiger partial charge in [-0.25, -0.2) is 4.98 Å². The largest absolute Gasteiger partial charge is 0.323 e. The van der Waals surface area contributed by atoms with Crippen molar-refractivity contribution in [1.82, 2.24) is 9.55 Å². The number of fused-ring (bicyclic) bond motifs is 1. The van der Waals surface area contributed by atoms with Crippen molar-refractivity contribution in [3.63, 3.8) is 0 Å². The van der Waals surface area contributed by atoms with Gasteiger partial charge in [-0.1, -0.05) is 35.9 Å². The quantitative estimate of drug-likeness (QED) is 0.686. The first-order valence-electron chi connectivity index (χ1n) is 7.01. The third-order valence-electron chi connectivity index (χ3n) is 3.88. The van der Waals surface area contributed by atoms with Crippen LogP contribution in [0, 0.1) is 0 Å². The van der Waals surface area contributed by atoms with Crippen molar-refractivity contribution in [1.29, 1.82) is 0 Å². The molecule has 3 aromatic rings. The molecule has 0 spiro atoms. The molecule has 0 unspecified atom stereocenters. The summed E-state index contributed by atoms with van der Waals surface area (Å²) < 4.78 is 2.36. The van der Waals surface area contributed by atoms with Gasteiger partial charge in [0, 0.05) is 17.5 Å². The Morgan fingerprint density at radius 2 is 1.80 bits per heavy atom. The topological polar surface area (TPSA) is 17.8 Å². The maximum Gasteiger partial charge on any atom is 0.113 e. The Labute approximate surface area is 123 Å². The van der Waals surface area contributed by atoms with Gasteiger partial charge < -0.3 is 4.57 Å². The molecule has 1 aromatic heterocycles. The molecule has 20 heavy (non-hydrogen) atoms. The van der Waals surface area contributed by atoms with Gasteiger partial charge in [0.05, 0.1) is 11.0 Å². The molecule has 1 saturated carbocycles. The fourth-order valence-electron chi connectivity index (χ4n) is 2.69. The highest BCUT2D eigenvalue weighted by atomic mass is 35.5. The highest BCUT2D eigenvalue weighted by molar-refractivity contribution is 6.30. The molecule has 1 heterocycles. The van der Waals surface area contributed by atoms with E-state index in [0.717, 1.165) is 17.1 Å². The fraction of sp³-hybridized carbons (Fsp3) is 0.235. The van der Waals surface area contributed by atoms with Gasteiger partial charge in [-0.05, 0) is 42.7 Å². The van der Waals surface area contributed by atoms with Crippen molar-refractivity contribution < 1.29 is 0 Å². The summed E-state index contributed by atoms with van der Waals surface area (Å²) in [6.07, 6.45) is 2.54. The van der Waals surface area contributed by atoms with E-state index in [-0.39, 0.29) is 0 Å². The lowest BCUT2D eigenvalue weighted by Gasteiger charge is -2.09. The molecular weight excluding hydrogens is 268 g/mol. The monoisotopic (exact) mass is 282 g/mol. The molecule has 1 aliphatic carbocycles. The fourth-order valence-corrected chi connectivity index (χ4v) is 2.81. The van der Waals surface area contributed by atoms with E-state index in [9.17, 15) is 0 Å². The number of para-hydroxylation sites is 2. The van der Waals surface area contributed by atoms with Crippen LogP contribution in [-0.2, 0) is 6.54 Å². The Bertz CT molecular complexity index is 754. The summed E-state index contributed by atoms with van der Waals surface area (Å²) in [5, 5.41) is 0.784. The smallest absolute Gasteiger partial charge is 0.113 e. The SMILES string of the molecule is Clc1ccc(Cn2c(C3CC3)nc3ccccc32)cc1. The van der Waals surface area contributed by atoms with Gasteiger partial charge in [0.15, 0.2) is 0 Å². The molecule has 100 valence electrons. The molecule has 0 aliphatic heterocycles. The van der Waals surface area contributed by atoms with Gasteiger partial charge in [0.25, 0.3) is 0 Å². The highest BCUT2D eigenvalue weighted by Crippen LogP contribution is 2.40. The average molecular weight is 283 g/mol. The zero-order chi connectivity index (χ0) is 13.5. The Kier molecular flexibility index (Phi) is 2.78. The number of nitrogens with zero attached hydrogens (tertiary/aromatic N) is 2. The van der Waals surface area contributed by atoms with Gasteiger partial charge in [0.1, 0.15) is 5.82 Å². The summed E-state index contributed by atoms with van der Waals surface area (Å²) in [4.78, 5) is 4.83. The molecule has 0 amide bonds. The van der Waals surface area contributed by atoms with E-state index < -0.39 is 0 Å². The van der Waals surface area contributed by atoms with Crippen molar-refractivity contribution in [2.75, 3.05) is 0 Å². The van der Waals surface area contributed by atoms with E-state index in [4.69, 9.17) is 16.6 Å². The molecule has 3 heteroatoms. The Hall–Kier alpha value is -1.80. The lowest BCUT2D eigenvalue weighted by molar-refractivity contribution is 0.747. The Morgan fingerprint density at radius 3 is 2.55 bits per heavy atom. The normalized spacial score (nSPS) is 14.8. The van der Waals surface area contributed by atoms with Crippen LogP contribution in [0.25, 0.3) is 11.0 Å². The lowest BCUT2D eigenvalue weighted by atomic mass is 10.2. The van der Waals surface area contributed by atoms with Crippen molar-refractivity contribution in [2.45, 2.75) is 25.3 Å². The second-order valence-electron chi connectivity index (χ2n) is 5.45. The van der Waals surface area contributed by atoms with Crippen LogP contribution in [0.2, 0.25) is 5.02 Å². The number of hydrogen-bond acceptors (Lipinski definition) is 1. The number of benzene rings is 2. The molecule has 2 nitrogen and oxygen atoms in total. The maximum atomic E-state index is 5.96. The van der Waals surface area contributed by atoms with Crippen molar-refractivity contribution in [2.24, 2.45) is 0 Å². The first-order valence-corrected chi connectivity index (χ1v) is 7.39. The van der Waals surface area contributed by atoms with Crippen LogP contribution >= 0.6 is 11.6 Å². The predicted molar refractivity (Wildman–Crippen MR) is 82.3 cm³/mol. The van der Waals surface area contributed by atoms with Crippen LogP contribution in [0.5, 0.6) is 0 Å². The minimum atomic E-state index is 0.648. The van der Waals surface area contributed by atoms with Crippen molar-refractivity contribution in [3.05, 3.63) is 64.9 Å². The van der Waals surface area contributed by atoms with Crippen LogP contribution in [0.4, 0.5) is 0 Å². The summed E-state index contributed by atoms with van der Waals surface area (Å²) >= 11 is 5.96. The van der Waals surface area contributed by atoms with Gasteiger partial charge >= 0.3 is 0 Å². The average Bonchev–Trinajstić information content (AvgIpc) is 3.25. The standard InChI is InChI=1S/C17H15ClN2/c18-14-9-5-12(6-10-14)11-20-16-4-2-1-3-15(16)19-17(20)13-7-8-13/h1-6,9-10,13H,7-8,11H2. The Balaban J connectivity index is 1.80. The van der Waals surface area contributed by atoms with E-state index in [2.05, 4.69) is 41.0 Å². The number of halogens is 1. The number of aromatic nitrogens is 2. The second-order valence-corrected chi connectivity index (χ2v) is 5.88. The molecule has 1 aliphatic rings. The summed E-state index contributed by atoms with van der Waals surface area (Å²) in [7, 11) is 0. The number of imidazole rings is 1. The molecule has 2 aromatic carbocycles. The van der Waals surface area contributed by atoms with Crippen LogP contribution < -0.4 is 0 Å². The Morgan fingerprint density at radius 1 is 1.05 bits per heavy atom.